The van der Waals surface area contributed by atoms with E-state index >= 15 is 0 Å². The Morgan fingerprint density at radius 2 is 1.67 bits per heavy atom. The number of nitrogens with one attached hydrogen (secondary N) is 1. The molecule has 3 rings (SSSR count). The van der Waals surface area contributed by atoms with E-state index in [4.69, 9.17) is 0 Å². The number of rotatable bonds is 6. The predicted octanol–water partition coefficient (Wildman–Crippen LogP) is 4.00. The van der Waals surface area contributed by atoms with Crippen molar-refractivity contribution in [1.82, 2.24) is 15.2 Å². The van der Waals surface area contributed by atoms with Crippen molar-refractivity contribution in [3.05, 3.63) is 66.0 Å². The van der Waals surface area contributed by atoms with Gasteiger partial charge in [-0.3, -0.25) is 9.88 Å². The highest BCUT2D eigenvalue weighted by Gasteiger charge is 2.23. The standard InChI is InChI=1S/C21H29N3/c1-17(19-6-4-3-5-7-19)16-23-21-10-14-24(15-11-21)18(2)20-8-12-22-13-9-20/h3-9,12-13,17-18,21,23H,10-11,14-16H2,1-2H3. The van der Waals surface area contributed by atoms with Gasteiger partial charge in [-0.05, 0) is 48.9 Å². The molecule has 1 aliphatic rings. The second-order valence-corrected chi connectivity index (χ2v) is 6.99. The second-order valence-electron chi connectivity index (χ2n) is 6.99. The lowest BCUT2D eigenvalue weighted by atomic mass is 9.98. The Balaban J connectivity index is 1.44. The fourth-order valence-corrected chi connectivity index (χ4v) is 3.59. The van der Waals surface area contributed by atoms with Gasteiger partial charge in [0.25, 0.3) is 0 Å². The molecule has 0 amide bonds. The second kappa shape index (κ2) is 8.41. The van der Waals surface area contributed by atoms with Crippen LogP contribution in [0.15, 0.2) is 54.9 Å². The molecule has 1 aromatic heterocycles. The summed E-state index contributed by atoms with van der Waals surface area (Å²) in [6.07, 6.45) is 6.25. The van der Waals surface area contributed by atoms with Crippen LogP contribution < -0.4 is 5.32 Å². The number of nitrogens with zero attached hydrogens (tertiary/aromatic N) is 2. The van der Waals surface area contributed by atoms with E-state index in [1.54, 1.807) is 0 Å². The molecule has 1 aliphatic heterocycles. The van der Waals surface area contributed by atoms with Crippen molar-refractivity contribution < 1.29 is 0 Å². The van der Waals surface area contributed by atoms with Gasteiger partial charge in [-0.15, -0.1) is 0 Å². The molecule has 2 atom stereocenters. The summed E-state index contributed by atoms with van der Waals surface area (Å²) < 4.78 is 0. The first-order valence-electron chi connectivity index (χ1n) is 9.16. The molecule has 1 saturated heterocycles. The lowest BCUT2D eigenvalue weighted by Crippen LogP contribution is -2.44. The van der Waals surface area contributed by atoms with Crippen LogP contribution in [0.2, 0.25) is 0 Å². The zero-order valence-corrected chi connectivity index (χ0v) is 14.9. The van der Waals surface area contributed by atoms with Crippen molar-refractivity contribution in [2.24, 2.45) is 0 Å². The summed E-state index contributed by atoms with van der Waals surface area (Å²) in [6.45, 7) is 8.01. The van der Waals surface area contributed by atoms with Gasteiger partial charge in [0, 0.05) is 44.1 Å². The molecule has 3 nitrogen and oxygen atoms in total. The number of hydrogen-bond donors (Lipinski definition) is 1. The Hall–Kier alpha value is -1.71. The monoisotopic (exact) mass is 323 g/mol. The van der Waals surface area contributed by atoms with Crippen LogP contribution in [-0.2, 0) is 0 Å². The number of likely N-dealkylation sites (tertiary alicyclic amines) is 1. The van der Waals surface area contributed by atoms with Crippen LogP contribution in [0, 0.1) is 0 Å². The molecule has 2 aromatic rings. The molecule has 1 aromatic carbocycles. The molecule has 2 unspecified atom stereocenters. The quantitative estimate of drug-likeness (QED) is 0.871. The normalized spacial score (nSPS) is 19.1. The average molecular weight is 323 g/mol. The van der Waals surface area contributed by atoms with Gasteiger partial charge in [0.05, 0.1) is 0 Å². The first-order chi connectivity index (χ1) is 11.7. The number of aromatic nitrogens is 1. The molecule has 24 heavy (non-hydrogen) atoms. The lowest BCUT2D eigenvalue weighted by Gasteiger charge is -2.37. The van der Waals surface area contributed by atoms with E-state index in [9.17, 15) is 0 Å². The van der Waals surface area contributed by atoms with E-state index < -0.39 is 0 Å². The third-order valence-corrected chi connectivity index (χ3v) is 5.35. The molecule has 0 spiro atoms. The van der Waals surface area contributed by atoms with E-state index in [0.717, 1.165) is 6.54 Å². The minimum Gasteiger partial charge on any atom is -0.313 e. The van der Waals surface area contributed by atoms with Crippen LogP contribution in [0.25, 0.3) is 0 Å². The van der Waals surface area contributed by atoms with Crippen molar-refractivity contribution in [2.75, 3.05) is 19.6 Å². The van der Waals surface area contributed by atoms with Crippen LogP contribution >= 0.6 is 0 Å². The van der Waals surface area contributed by atoms with E-state index in [2.05, 4.69) is 71.5 Å². The maximum Gasteiger partial charge on any atom is 0.0321 e. The van der Waals surface area contributed by atoms with Gasteiger partial charge in [0.15, 0.2) is 0 Å². The van der Waals surface area contributed by atoms with Crippen LogP contribution in [0.5, 0.6) is 0 Å². The minimum atomic E-state index is 0.484. The van der Waals surface area contributed by atoms with E-state index in [0.29, 0.717) is 18.0 Å². The van der Waals surface area contributed by atoms with E-state index in [1.165, 1.54) is 37.1 Å². The smallest absolute Gasteiger partial charge is 0.0321 e. The molecule has 0 bridgehead atoms. The van der Waals surface area contributed by atoms with Gasteiger partial charge in [-0.25, -0.2) is 0 Å². The summed E-state index contributed by atoms with van der Waals surface area (Å²) in [7, 11) is 0. The third-order valence-electron chi connectivity index (χ3n) is 5.35. The average Bonchev–Trinajstić information content (AvgIpc) is 2.67. The minimum absolute atomic E-state index is 0.484. The van der Waals surface area contributed by atoms with Crippen LogP contribution in [0.4, 0.5) is 0 Å². The first-order valence-corrected chi connectivity index (χ1v) is 9.16. The van der Waals surface area contributed by atoms with Gasteiger partial charge in [0.1, 0.15) is 0 Å². The molecule has 2 heterocycles. The molecule has 3 heteroatoms. The van der Waals surface area contributed by atoms with Crippen LogP contribution in [0.3, 0.4) is 0 Å². The Bertz CT molecular complexity index is 591. The summed E-state index contributed by atoms with van der Waals surface area (Å²) in [5.41, 5.74) is 2.79. The number of benzene rings is 1. The summed E-state index contributed by atoms with van der Waals surface area (Å²) >= 11 is 0. The zero-order chi connectivity index (χ0) is 16.8. The number of pyridine rings is 1. The van der Waals surface area contributed by atoms with E-state index in [1.807, 2.05) is 12.4 Å². The third kappa shape index (κ3) is 4.43. The largest absolute Gasteiger partial charge is 0.313 e. The van der Waals surface area contributed by atoms with Gasteiger partial charge in [-0.1, -0.05) is 37.3 Å². The molecule has 1 N–H and O–H groups in total. The maximum absolute atomic E-state index is 4.12. The summed E-state index contributed by atoms with van der Waals surface area (Å²) in [5, 5.41) is 3.78. The maximum atomic E-state index is 4.12. The Morgan fingerprint density at radius 3 is 2.33 bits per heavy atom. The van der Waals surface area contributed by atoms with Crippen LogP contribution in [0.1, 0.15) is 49.8 Å². The molecule has 0 aliphatic carbocycles. The van der Waals surface area contributed by atoms with Crippen molar-refractivity contribution in [3.8, 4) is 0 Å². The molecule has 128 valence electrons. The zero-order valence-electron chi connectivity index (χ0n) is 14.9. The lowest BCUT2D eigenvalue weighted by molar-refractivity contribution is 0.152. The summed E-state index contributed by atoms with van der Waals surface area (Å²) in [6, 6.07) is 16.2. The van der Waals surface area contributed by atoms with Crippen molar-refractivity contribution in [3.63, 3.8) is 0 Å². The van der Waals surface area contributed by atoms with Crippen molar-refractivity contribution >= 4 is 0 Å². The predicted molar refractivity (Wildman–Crippen MR) is 100 cm³/mol. The van der Waals surface area contributed by atoms with E-state index in [-0.39, 0.29) is 0 Å². The Morgan fingerprint density at radius 1 is 1.00 bits per heavy atom. The highest BCUT2D eigenvalue weighted by atomic mass is 15.2. The van der Waals surface area contributed by atoms with Crippen molar-refractivity contribution in [2.45, 2.75) is 44.7 Å². The SMILES string of the molecule is CC(CNC1CCN(C(C)c2ccncc2)CC1)c1ccccc1. The highest BCUT2D eigenvalue weighted by Crippen LogP contribution is 2.24. The topological polar surface area (TPSA) is 28.2 Å². The Labute approximate surface area is 146 Å². The van der Waals surface area contributed by atoms with Gasteiger partial charge in [-0.2, -0.15) is 0 Å². The molecular formula is C21H29N3. The molecular weight excluding hydrogens is 294 g/mol. The molecule has 0 radical (unpaired) electrons. The van der Waals surface area contributed by atoms with Crippen molar-refractivity contribution in [1.29, 1.82) is 0 Å². The fraction of sp³-hybridized carbons (Fsp3) is 0.476. The Kier molecular flexibility index (Phi) is 6.00. The number of hydrogen-bond acceptors (Lipinski definition) is 3. The van der Waals surface area contributed by atoms with Gasteiger partial charge in [0.2, 0.25) is 0 Å². The fourth-order valence-electron chi connectivity index (χ4n) is 3.59. The summed E-state index contributed by atoms with van der Waals surface area (Å²) in [5.74, 6) is 0.569. The highest BCUT2D eigenvalue weighted by molar-refractivity contribution is 5.19. The van der Waals surface area contributed by atoms with Gasteiger partial charge >= 0.3 is 0 Å². The molecule has 1 fully saturated rings. The summed E-state index contributed by atoms with van der Waals surface area (Å²) in [4.78, 5) is 6.71. The number of piperidine rings is 1. The van der Waals surface area contributed by atoms with Gasteiger partial charge < -0.3 is 5.32 Å². The first kappa shape index (κ1) is 17.1. The van der Waals surface area contributed by atoms with Crippen LogP contribution in [-0.4, -0.2) is 35.6 Å². The molecule has 0 saturated carbocycles.